The van der Waals surface area contributed by atoms with Gasteiger partial charge in [0.05, 0.1) is 34.5 Å². The summed E-state index contributed by atoms with van der Waals surface area (Å²) in [4.78, 5) is 54.7. The maximum atomic E-state index is 15.9. The molecule has 0 radical (unpaired) electrons. The molecular formula is C31H31ClFN3O6. The standard InChI is InChI=1S/C31H31ClFN3O6/c1-30(2,3)13-16-11-18(27(38)35-21-9-8-15(28(39)40)10-23(21)42-4)25(17-6-5-7-20(32)26(17)33)31(16)19-14-34-24(37)12-22(19)36-29(31)41/h5-10,12,14,16,18,25H,11,13H2,1-4H3,(H,34,37)(H,35,38)(H,36,41)(H,39,40)/t16-,18+,25-,31-/m0/s1. The fraction of sp³-hybridized carbons (Fsp3) is 0.355. The molecule has 11 heteroatoms. The van der Waals surface area contributed by atoms with Gasteiger partial charge in [0.25, 0.3) is 0 Å². The van der Waals surface area contributed by atoms with Crippen LogP contribution < -0.4 is 20.9 Å². The number of pyridine rings is 1. The highest BCUT2D eigenvalue weighted by molar-refractivity contribution is 6.30. The Labute approximate surface area is 246 Å². The zero-order chi connectivity index (χ0) is 30.6. The topological polar surface area (TPSA) is 138 Å². The van der Waals surface area contributed by atoms with Crippen LogP contribution in [0.3, 0.4) is 0 Å². The number of benzene rings is 2. The number of hydrogen-bond donors (Lipinski definition) is 4. The van der Waals surface area contributed by atoms with Crippen LogP contribution in [0.1, 0.15) is 61.0 Å². The average molecular weight is 596 g/mol. The Hall–Kier alpha value is -4.18. The Balaban J connectivity index is 1.71. The molecule has 1 aliphatic carbocycles. The molecule has 9 nitrogen and oxygen atoms in total. The largest absolute Gasteiger partial charge is 0.495 e. The molecule has 3 aromatic rings. The van der Waals surface area contributed by atoms with Crippen LogP contribution >= 0.6 is 11.6 Å². The quantitative estimate of drug-likeness (QED) is 0.294. The minimum Gasteiger partial charge on any atom is -0.495 e. The predicted octanol–water partition coefficient (Wildman–Crippen LogP) is 5.56. The molecule has 4 atom stereocenters. The van der Waals surface area contributed by atoms with Crippen LogP contribution in [-0.4, -0.2) is 35.0 Å². The molecule has 1 spiro atoms. The zero-order valence-corrected chi connectivity index (χ0v) is 24.3. The molecule has 4 N–H and O–H groups in total. The first kappa shape index (κ1) is 29.3. The van der Waals surface area contributed by atoms with Crippen LogP contribution in [-0.2, 0) is 15.0 Å². The first-order chi connectivity index (χ1) is 19.8. The maximum Gasteiger partial charge on any atom is 0.335 e. The number of aromatic carboxylic acids is 1. The summed E-state index contributed by atoms with van der Waals surface area (Å²) in [7, 11) is 1.35. The van der Waals surface area contributed by atoms with Crippen molar-refractivity contribution < 1.29 is 28.6 Å². The number of carboxylic acid groups (broad SMARTS) is 1. The number of ether oxygens (including phenoxy) is 1. The van der Waals surface area contributed by atoms with E-state index >= 15 is 4.39 Å². The van der Waals surface area contributed by atoms with Gasteiger partial charge in [-0.05, 0) is 54.0 Å². The lowest BCUT2D eigenvalue weighted by Crippen LogP contribution is -2.45. The van der Waals surface area contributed by atoms with Crippen LogP contribution in [0.15, 0.2) is 53.5 Å². The molecule has 0 unspecified atom stereocenters. The van der Waals surface area contributed by atoms with E-state index in [2.05, 4.69) is 15.6 Å². The fourth-order valence-corrected chi connectivity index (χ4v) is 6.98. The van der Waals surface area contributed by atoms with Gasteiger partial charge >= 0.3 is 5.97 Å². The first-order valence-corrected chi connectivity index (χ1v) is 13.9. The molecule has 5 rings (SSSR count). The summed E-state index contributed by atoms with van der Waals surface area (Å²) in [6, 6.07) is 9.87. The average Bonchev–Trinajstić information content (AvgIpc) is 3.39. The van der Waals surface area contributed by atoms with Crippen LogP contribution in [0.4, 0.5) is 15.8 Å². The van der Waals surface area contributed by atoms with Gasteiger partial charge in [-0.1, -0.05) is 44.5 Å². The number of methoxy groups -OCH3 is 1. The number of aromatic amines is 1. The summed E-state index contributed by atoms with van der Waals surface area (Å²) in [6.07, 6.45) is 2.22. The predicted molar refractivity (Wildman–Crippen MR) is 156 cm³/mol. The number of carbonyl (C=O) groups excluding carboxylic acids is 2. The summed E-state index contributed by atoms with van der Waals surface area (Å²) >= 11 is 6.24. The Bertz CT molecular complexity index is 1670. The maximum absolute atomic E-state index is 15.9. The van der Waals surface area contributed by atoms with Gasteiger partial charge in [0, 0.05) is 29.7 Å². The normalized spacial score (nSPS) is 23.0. The van der Waals surface area contributed by atoms with Gasteiger partial charge in [-0.3, -0.25) is 14.4 Å². The number of hydrogen-bond acceptors (Lipinski definition) is 5. The van der Waals surface area contributed by atoms with Crippen molar-refractivity contribution in [2.24, 2.45) is 17.3 Å². The van der Waals surface area contributed by atoms with E-state index < -0.39 is 52.3 Å². The second kappa shape index (κ2) is 10.6. The van der Waals surface area contributed by atoms with E-state index in [1.807, 2.05) is 20.8 Å². The van der Waals surface area contributed by atoms with E-state index in [-0.39, 0.29) is 39.4 Å². The number of nitrogens with one attached hydrogen (secondary N) is 3. The number of amides is 2. The highest BCUT2D eigenvalue weighted by Crippen LogP contribution is 2.64. The van der Waals surface area contributed by atoms with Crippen LogP contribution in [0.5, 0.6) is 5.75 Å². The second-order valence-corrected chi connectivity index (χ2v) is 12.5. The number of rotatable bonds is 6. The molecule has 0 saturated heterocycles. The molecule has 42 heavy (non-hydrogen) atoms. The van der Waals surface area contributed by atoms with Gasteiger partial charge in [0.2, 0.25) is 17.4 Å². The van der Waals surface area contributed by atoms with E-state index in [1.165, 1.54) is 49.7 Å². The second-order valence-electron chi connectivity index (χ2n) is 12.1. The molecule has 220 valence electrons. The van der Waals surface area contributed by atoms with Gasteiger partial charge < -0.3 is 25.5 Å². The first-order valence-electron chi connectivity index (χ1n) is 13.5. The highest BCUT2D eigenvalue weighted by atomic mass is 35.5. The van der Waals surface area contributed by atoms with Crippen LogP contribution in [0, 0.1) is 23.1 Å². The Morgan fingerprint density at radius 2 is 1.93 bits per heavy atom. The summed E-state index contributed by atoms with van der Waals surface area (Å²) in [5.41, 5.74) is -0.964. The lowest BCUT2D eigenvalue weighted by Gasteiger charge is -2.38. The molecule has 2 aromatic carbocycles. The summed E-state index contributed by atoms with van der Waals surface area (Å²) in [5, 5.41) is 14.9. The Kier molecular flexibility index (Phi) is 7.39. The number of carbonyl (C=O) groups is 3. The van der Waals surface area contributed by atoms with Crippen molar-refractivity contribution in [2.45, 2.75) is 44.9 Å². The van der Waals surface area contributed by atoms with E-state index in [1.54, 1.807) is 6.07 Å². The van der Waals surface area contributed by atoms with Gasteiger partial charge in [0.1, 0.15) is 11.6 Å². The Morgan fingerprint density at radius 3 is 2.60 bits per heavy atom. The van der Waals surface area contributed by atoms with Crippen molar-refractivity contribution >= 4 is 40.8 Å². The van der Waals surface area contributed by atoms with E-state index in [0.717, 1.165) is 0 Å². The third-order valence-corrected chi connectivity index (χ3v) is 8.58. The molecule has 2 amide bonds. The molecular weight excluding hydrogens is 565 g/mol. The zero-order valence-electron chi connectivity index (χ0n) is 23.5. The van der Waals surface area contributed by atoms with Crippen molar-refractivity contribution in [3.8, 4) is 5.75 Å². The van der Waals surface area contributed by atoms with Gasteiger partial charge in [-0.2, -0.15) is 0 Å². The SMILES string of the molecule is COc1cc(C(=O)O)ccc1NC(=O)[C@@H]1C[C@@H](CC(C)(C)C)[C@@]2(C(=O)Nc3cc(=O)[nH]cc32)[C@H]1c1cccc(Cl)c1F. The molecule has 1 aromatic heterocycles. The highest BCUT2D eigenvalue weighted by Gasteiger charge is 2.66. The van der Waals surface area contributed by atoms with Crippen molar-refractivity contribution in [2.75, 3.05) is 17.7 Å². The van der Waals surface area contributed by atoms with E-state index in [9.17, 15) is 24.3 Å². The number of H-pyrrole nitrogens is 1. The summed E-state index contributed by atoms with van der Waals surface area (Å²) < 4.78 is 21.2. The summed E-state index contributed by atoms with van der Waals surface area (Å²) in [6.45, 7) is 6.08. The van der Waals surface area contributed by atoms with Crippen LogP contribution in [0.25, 0.3) is 0 Å². The lowest BCUT2D eigenvalue weighted by molar-refractivity contribution is -0.123. The third kappa shape index (κ3) is 4.83. The molecule has 0 bridgehead atoms. The van der Waals surface area contributed by atoms with Crippen LogP contribution in [0.2, 0.25) is 5.02 Å². The van der Waals surface area contributed by atoms with Gasteiger partial charge in [-0.15, -0.1) is 0 Å². The minimum absolute atomic E-state index is 0.0259. The third-order valence-electron chi connectivity index (χ3n) is 8.29. The van der Waals surface area contributed by atoms with Crippen molar-refractivity contribution in [3.63, 3.8) is 0 Å². The minimum atomic E-state index is -1.41. The Morgan fingerprint density at radius 1 is 1.19 bits per heavy atom. The monoisotopic (exact) mass is 595 g/mol. The van der Waals surface area contributed by atoms with Crippen molar-refractivity contribution in [1.29, 1.82) is 0 Å². The van der Waals surface area contributed by atoms with E-state index in [4.69, 9.17) is 16.3 Å². The van der Waals surface area contributed by atoms with Crippen molar-refractivity contribution in [3.05, 3.63) is 86.5 Å². The number of halogens is 2. The number of aromatic nitrogens is 1. The van der Waals surface area contributed by atoms with Gasteiger partial charge in [0.15, 0.2) is 0 Å². The number of anilines is 2. The number of fused-ring (bicyclic) bond motifs is 2. The van der Waals surface area contributed by atoms with E-state index in [0.29, 0.717) is 17.7 Å². The molecule has 1 fully saturated rings. The number of carboxylic acids is 1. The van der Waals surface area contributed by atoms with Gasteiger partial charge in [-0.25, -0.2) is 9.18 Å². The molecule has 2 heterocycles. The smallest absolute Gasteiger partial charge is 0.335 e. The van der Waals surface area contributed by atoms with Crippen molar-refractivity contribution in [1.82, 2.24) is 4.98 Å². The summed E-state index contributed by atoms with van der Waals surface area (Å²) in [5.74, 6) is -5.02. The molecule has 1 saturated carbocycles. The fourth-order valence-electron chi connectivity index (χ4n) is 6.80. The molecule has 2 aliphatic rings. The lowest BCUT2D eigenvalue weighted by atomic mass is 9.62. The molecule has 1 aliphatic heterocycles.